The monoisotopic (exact) mass is 560 g/mol. The highest BCUT2D eigenvalue weighted by Gasteiger charge is 2.24. The molecule has 0 bridgehead atoms. The van der Waals surface area contributed by atoms with E-state index in [1.54, 1.807) is 24.3 Å². The van der Waals surface area contributed by atoms with Crippen LogP contribution in [0.25, 0.3) is 11.0 Å². The van der Waals surface area contributed by atoms with Crippen LogP contribution >= 0.6 is 27.5 Å². The first-order chi connectivity index (χ1) is 16.9. The molecule has 0 atom stereocenters. The summed E-state index contributed by atoms with van der Waals surface area (Å²) in [7, 11) is 4.33. The number of fused-ring (bicyclic) bond motifs is 1. The van der Waals surface area contributed by atoms with Gasteiger partial charge < -0.3 is 28.1 Å². The lowest BCUT2D eigenvalue weighted by molar-refractivity contribution is 0.0733. The van der Waals surface area contributed by atoms with Gasteiger partial charge in [0.2, 0.25) is 16.9 Å². The summed E-state index contributed by atoms with van der Waals surface area (Å²) in [5.74, 6) is 0.631. The van der Waals surface area contributed by atoms with Crippen LogP contribution in [0.5, 0.6) is 34.5 Å². The van der Waals surface area contributed by atoms with E-state index in [1.807, 2.05) is 0 Å². The van der Waals surface area contributed by atoms with Crippen LogP contribution < -0.4 is 29.1 Å². The summed E-state index contributed by atoms with van der Waals surface area (Å²) in [4.78, 5) is 25.8. The predicted molar refractivity (Wildman–Crippen MR) is 133 cm³/mol. The second-order valence-electron chi connectivity index (χ2n) is 7.02. The average molecular weight is 562 g/mol. The topological polar surface area (TPSA) is 93.4 Å². The fourth-order valence-electron chi connectivity index (χ4n) is 3.30. The van der Waals surface area contributed by atoms with Crippen molar-refractivity contribution >= 4 is 44.5 Å². The first-order valence-corrected chi connectivity index (χ1v) is 11.2. The molecule has 0 spiro atoms. The van der Waals surface area contributed by atoms with E-state index >= 15 is 0 Å². The maximum atomic E-state index is 12.9. The maximum Gasteiger partial charge on any atom is 0.344 e. The summed E-state index contributed by atoms with van der Waals surface area (Å²) in [5.41, 5.74) is -0.0586. The summed E-state index contributed by atoms with van der Waals surface area (Å²) < 4.78 is 33.0. The Balaban J connectivity index is 1.64. The number of halogens is 2. The number of rotatable bonds is 7. The molecule has 0 aliphatic heterocycles. The molecule has 0 aliphatic rings. The highest BCUT2D eigenvalue weighted by Crippen LogP contribution is 2.45. The highest BCUT2D eigenvalue weighted by atomic mass is 79.9. The molecule has 0 saturated heterocycles. The second-order valence-corrected chi connectivity index (χ2v) is 8.22. The van der Waals surface area contributed by atoms with E-state index in [-0.39, 0.29) is 39.5 Å². The van der Waals surface area contributed by atoms with E-state index < -0.39 is 11.4 Å². The molecule has 0 saturated carbocycles. The minimum absolute atomic E-state index is 0.0308. The van der Waals surface area contributed by atoms with Crippen molar-refractivity contribution < 1.29 is 32.9 Å². The maximum absolute atomic E-state index is 12.9. The van der Waals surface area contributed by atoms with Crippen molar-refractivity contribution in [1.29, 1.82) is 0 Å². The number of hydrogen-bond acceptors (Lipinski definition) is 8. The normalized spacial score (nSPS) is 10.7. The zero-order valence-electron chi connectivity index (χ0n) is 18.7. The van der Waals surface area contributed by atoms with Crippen molar-refractivity contribution in [2.75, 3.05) is 21.3 Å². The third-order valence-electron chi connectivity index (χ3n) is 4.97. The summed E-state index contributed by atoms with van der Waals surface area (Å²) >= 11 is 9.45. The summed E-state index contributed by atoms with van der Waals surface area (Å²) in [5, 5.41) is 0.593. The number of para-hydroxylation sites is 1. The van der Waals surface area contributed by atoms with Gasteiger partial charge in [0.25, 0.3) is 0 Å². The third kappa shape index (κ3) is 4.78. The van der Waals surface area contributed by atoms with E-state index in [1.165, 1.54) is 51.9 Å². The molecule has 10 heteroatoms. The van der Waals surface area contributed by atoms with Gasteiger partial charge in [-0.2, -0.15) is 0 Å². The number of hydrogen-bond donors (Lipinski definition) is 0. The van der Waals surface area contributed by atoms with Gasteiger partial charge in [-0.15, -0.1) is 0 Å². The fraction of sp³-hybridized carbons (Fsp3) is 0.120. The molecular formula is C25H18BrClO8. The molecule has 0 fully saturated rings. The molecule has 0 N–H and O–H groups in total. The lowest BCUT2D eigenvalue weighted by Crippen LogP contribution is -2.11. The first-order valence-electron chi connectivity index (χ1n) is 10.1. The standard InChI is InChI=1S/C25H18BrClO8/c1-30-19-11-15(21(26)24(32-3)23(19)31-2)25(29)34-13-8-9-14-18(10-13)33-12-20(22(14)28)35-17-7-5-4-6-16(17)27/h4-12H,1-3H3. The Kier molecular flexibility index (Phi) is 7.18. The van der Waals surface area contributed by atoms with Crippen molar-refractivity contribution in [3.63, 3.8) is 0 Å². The Hall–Kier alpha value is -3.69. The number of ether oxygens (including phenoxy) is 5. The average Bonchev–Trinajstić information content (AvgIpc) is 2.86. The molecule has 35 heavy (non-hydrogen) atoms. The Morgan fingerprint density at radius 3 is 2.34 bits per heavy atom. The Morgan fingerprint density at radius 2 is 1.66 bits per heavy atom. The van der Waals surface area contributed by atoms with Crippen LogP contribution in [0.2, 0.25) is 5.02 Å². The van der Waals surface area contributed by atoms with Gasteiger partial charge in [-0.1, -0.05) is 23.7 Å². The van der Waals surface area contributed by atoms with E-state index in [4.69, 9.17) is 39.7 Å². The van der Waals surface area contributed by atoms with Gasteiger partial charge in [-0.25, -0.2) is 4.79 Å². The molecule has 8 nitrogen and oxygen atoms in total. The van der Waals surface area contributed by atoms with Crippen molar-refractivity contribution in [1.82, 2.24) is 0 Å². The van der Waals surface area contributed by atoms with Gasteiger partial charge in [0.05, 0.1) is 41.8 Å². The van der Waals surface area contributed by atoms with Crippen LogP contribution in [0.15, 0.2) is 68.5 Å². The number of carbonyl (C=O) groups is 1. The molecule has 4 aromatic rings. The summed E-state index contributed by atoms with van der Waals surface area (Å²) in [6, 6.07) is 12.6. The number of benzene rings is 3. The zero-order valence-corrected chi connectivity index (χ0v) is 21.1. The summed E-state index contributed by atoms with van der Waals surface area (Å²) in [6.07, 6.45) is 1.18. The van der Waals surface area contributed by atoms with Gasteiger partial charge in [0.1, 0.15) is 23.3 Å². The van der Waals surface area contributed by atoms with E-state index in [2.05, 4.69) is 15.9 Å². The van der Waals surface area contributed by atoms with Gasteiger partial charge in [0, 0.05) is 6.07 Å². The molecule has 0 aliphatic carbocycles. The van der Waals surface area contributed by atoms with E-state index in [0.717, 1.165) is 0 Å². The Bertz CT molecular complexity index is 1480. The Labute approximate surface area is 213 Å². The third-order valence-corrected chi connectivity index (χ3v) is 6.07. The molecule has 180 valence electrons. The van der Waals surface area contributed by atoms with Crippen LogP contribution in [0.3, 0.4) is 0 Å². The van der Waals surface area contributed by atoms with Gasteiger partial charge in [0.15, 0.2) is 11.5 Å². The number of carbonyl (C=O) groups excluding carboxylic acids is 1. The minimum atomic E-state index is -0.698. The van der Waals surface area contributed by atoms with Gasteiger partial charge in [-0.05, 0) is 46.3 Å². The van der Waals surface area contributed by atoms with Crippen LogP contribution in [-0.4, -0.2) is 27.3 Å². The zero-order chi connectivity index (χ0) is 25.1. The lowest BCUT2D eigenvalue weighted by atomic mass is 10.1. The van der Waals surface area contributed by atoms with Gasteiger partial charge in [-0.3, -0.25) is 4.79 Å². The molecular weight excluding hydrogens is 544 g/mol. The minimum Gasteiger partial charge on any atom is -0.493 e. The SMILES string of the molecule is COc1cc(C(=O)Oc2ccc3c(=O)c(Oc4ccccc4Cl)coc3c2)c(Br)c(OC)c1OC. The van der Waals surface area contributed by atoms with Crippen molar-refractivity contribution in [3.8, 4) is 34.5 Å². The molecule has 1 heterocycles. The molecule has 1 aromatic heterocycles. The molecule has 3 aromatic carbocycles. The van der Waals surface area contributed by atoms with E-state index in [0.29, 0.717) is 21.0 Å². The van der Waals surface area contributed by atoms with E-state index in [9.17, 15) is 9.59 Å². The second kappa shape index (κ2) is 10.3. The first kappa shape index (κ1) is 24.4. The highest BCUT2D eigenvalue weighted by molar-refractivity contribution is 9.10. The van der Waals surface area contributed by atoms with Gasteiger partial charge >= 0.3 is 5.97 Å². The van der Waals surface area contributed by atoms with Crippen molar-refractivity contribution in [2.45, 2.75) is 0 Å². The molecule has 0 radical (unpaired) electrons. The predicted octanol–water partition coefficient (Wildman–Crippen LogP) is 6.25. The number of methoxy groups -OCH3 is 3. The largest absolute Gasteiger partial charge is 0.493 e. The van der Waals surface area contributed by atoms with Crippen molar-refractivity contribution in [2.24, 2.45) is 0 Å². The van der Waals surface area contributed by atoms with Crippen molar-refractivity contribution in [3.05, 3.63) is 80.1 Å². The quantitative estimate of drug-likeness (QED) is 0.193. The fourth-order valence-corrected chi connectivity index (χ4v) is 4.10. The summed E-state index contributed by atoms with van der Waals surface area (Å²) in [6.45, 7) is 0. The van der Waals surface area contributed by atoms with Crippen LogP contribution in [0, 0.1) is 0 Å². The number of esters is 1. The molecule has 0 unspecified atom stereocenters. The Morgan fingerprint density at radius 1 is 0.914 bits per heavy atom. The smallest absolute Gasteiger partial charge is 0.344 e. The lowest BCUT2D eigenvalue weighted by Gasteiger charge is -2.16. The van der Waals surface area contributed by atoms with Crippen LogP contribution in [0.4, 0.5) is 0 Å². The van der Waals surface area contributed by atoms with Crippen LogP contribution in [0.1, 0.15) is 10.4 Å². The van der Waals surface area contributed by atoms with Crippen LogP contribution in [-0.2, 0) is 0 Å². The molecule has 4 rings (SSSR count). The molecule has 0 amide bonds.